The van der Waals surface area contributed by atoms with Crippen LogP contribution >= 0.6 is 0 Å². The highest BCUT2D eigenvalue weighted by molar-refractivity contribution is 5.94. The second-order valence-electron chi connectivity index (χ2n) is 8.09. The van der Waals surface area contributed by atoms with Gasteiger partial charge in [-0.2, -0.15) is 0 Å². The SMILES string of the molecule is O=C(c1ccncc1)N1CCC[C@H]1c1nc2c(c(=O)[nH]1)CN(Cc1cccnc1)CC2. The summed E-state index contributed by atoms with van der Waals surface area (Å²) in [7, 11) is 0. The Kier molecular flexibility index (Phi) is 5.30. The predicted octanol–water partition coefficient (Wildman–Crippen LogP) is 2.10. The number of nitrogens with zero attached hydrogens (tertiary/aromatic N) is 5. The smallest absolute Gasteiger partial charge is 0.255 e. The van der Waals surface area contributed by atoms with Crippen molar-refractivity contribution in [2.24, 2.45) is 0 Å². The van der Waals surface area contributed by atoms with Crippen LogP contribution in [0.1, 0.15) is 51.9 Å². The number of hydrogen-bond donors (Lipinski definition) is 1. The first kappa shape index (κ1) is 19.6. The lowest BCUT2D eigenvalue weighted by atomic mass is 10.1. The number of hydrogen-bond acceptors (Lipinski definition) is 6. The van der Waals surface area contributed by atoms with Gasteiger partial charge in [-0.05, 0) is 36.6 Å². The molecule has 3 aromatic rings. The van der Waals surface area contributed by atoms with Crippen molar-refractivity contribution in [2.75, 3.05) is 13.1 Å². The molecule has 1 atom stereocenters. The molecule has 3 aromatic heterocycles. The summed E-state index contributed by atoms with van der Waals surface area (Å²) >= 11 is 0. The first-order valence-corrected chi connectivity index (χ1v) is 10.6. The number of amides is 1. The molecule has 2 aliphatic rings. The van der Waals surface area contributed by atoms with Crippen LogP contribution in [0.25, 0.3) is 0 Å². The third-order valence-electron chi connectivity index (χ3n) is 6.05. The van der Waals surface area contributed by atoms with Crippen molar-refractivity contribution in [3.8, 4) is 0 Å². The van der Waals surface area contributed by atoms with Gasteiger partial charge < -0.3 is 9.88 Å². The summed E-state index contributed by atoms with van der Waals surface area (Å²) in [6.07, 6.45) is 9.26. The van der Waals surface area contributed by atoms with Crippen LogP contribution in [0.5, 0.6) is 0 Å². The van der Waals surface area contributed by atoms with Gasteiger partial charge in [0.15, 0.2) is 0 Å². The fourth-order valence-electron chi connectivity index (χ4n) is 4.50. The van der Waals surface area contributed by atoms with E-state index in [-0.39, 0.29) is 17.5 Å². The fourth-order valence-corrected chi connectivity index (χ4v) is 4.50. The van der Waals surface area contributed by atoms with Gasteiger partial charge in [0.1, 0.15) is 5.82 Å². The zero-order valence-electron chi connectivity index (χ0n) is 17.2. The zero-order valence-corrected chi connectivity index (χ0v) is 17.2. The van der Waals surface area contributed by atoms with Crippen molar-refractivity contribution >= 4 is 5.91 Å². The maximum atomic E-state index is 13.0. The molecule has 1 amide bonds. The van der Waals surface area contributed by atoms with E-state index in [1.54, 1.807) is 30.7 Å². The molecule has 0 bridgehead atoms. The first-order valence-electron chi connectivity index (χ1n) is 10.6. The van der Waals surface area contributed by atoms with Crippen molar-refractivity contribution in [3.63, 3.8) is 0 Å². The molecule has 5 heterocycles. The Morgan fingerprint density at radius 2 is 2.00 bits per heavy atom. The minimum atomic E-state index is -0.202. The second kappa shape index (κ2) is 8.39. The van der Waals surface area contributed by atoms with E-state index >= 15 is 0 Å². The molecule has 5 rings (SSSR count). The van der Waals surface area contributed by atoms with Crippen molar-refractivity contribution < 1.29 is 4.79 Å². The Bertz CT molecular complexity index is 1130. The van der Waals surface area contributed by atoms with Crippen molar-refractivity contribution in [3.05, 3.63) is 87.6 Å². The first-order chi connectivity index (χ1) is 15.2. The lowest BCUT2D eigenvalue weighted by Gasteiger charge is -2.29. The Balaban J connectivity index is 1.37. The monoisotopic (exact) mass is 416 g/mol. The van der Waals surface area contributed by atoms with E-state index in [1.807, 2.05) is 23.2 Å². The summed E-state index contributed by atoms with van der Waals surface area (Å²) < 4.78 is 0. The van der Waals surface area contributed by atoms with Crippen molar-refractivity contribution in [1.82, 2.24) is 29.7 Å². The lowest BCUT2D eigenvalue weighted by molar-refractivity contribution is 0.0729. The lowest BCUT2D eigenvalue weighted by Crippen LogP contribution is -2.37. The van der Waals surface area contributed by atoms with E-state index in [0.29, 0.717) is 24.5 Å². The molecule has 8 nitrogen and oxygen atoms in total. The number of rotatable bonds is 4. The minimum Gasteiger partial charge on any atom is -0.328 e. The molecule has 1 fully saturated rings. The van der Waals surface area contributed by atoms with Gasteiger partial charge in [-0.1, -0.05) is 6.07 Å². The molecule has 0 aliphatic carbocycles. The van der Waals surface area contributed by atoms with Gasteiger partial charge in [-0.25, -0.2) is 4.98 Å². The number of nitrogens with one attached hydrogen (secondary N) is 1. The summed E-state index contributed by atoms with van der Waals surface area (Å²) in [6.45, 7) is 2.82. The number of fused-ring (bicyclic) bond motifs is 1. The molecule has 2 aliphatic heterocycles. The largest absolute Gasteiger partial charge is 0.328 e. The van der Waals surface area contributed by atoms with E-state index in [0.717, 1.165) is 49.2 Å². The second-order valence-corrected chi connectivity index (χ2v) is 8.09. The molecule has 1 N–H and O–H groups in total. The standard InChI is InChI=1S/C23H24N6O2/c30-22-18-15-28(14-16-3-1-8-25-13-16)12-7-19(18)26-21(27-22)20-4-2-11-29(20)23(31)17-5-9-24-10-6-17/h1,3,5-6,8-10,13,20H,2,4,7,11-12,14-15H2,(H,26,27,30)/t20-/m0/s1. The van der Waals surface area contributed by atoms with Crippen LogP contribution in [0.15, 0.2) is 53.8 Å². The summed E-state index contributed by atoms with van der Waals surface area (Å²) in [5.41, 5.74) is 3.21. The zero-order chi connectivity index (χ0) is 21.2. The molecule has 1 saturated heterocycles. The molecule has 158 valence electrons. The number of carbonyl (C=O) groups is 1. The molecule has 0 saturated carbocycles. The maximum absolute atomic E-state index is 13.0. The average molecular weight is 416 g/mol. The quantitative estimate of drug-likeness (QED) is 0.700. The number of carbonyl (C=O) groups excluding carboxylic acids is 1. The highest BCUT2D eigenvalue weighted by atomic mass is 16.2. The van der Waals surface area contributed by atoms with E-state index in [2.05, 4.69) is 19.9 Å². The topological polar surface area (TPSA) is 95.1 Å². The van der Waals surface area contributed by atoms with Gasteiger partial charge in [0.2, 0.25) is 0 Å². The highest BCUT2D eigenvalue weighted by Gasteiger charge is 2.33. The third kappa shape index (κ3) is 3.98. The molecule has 0 spiro atoms. The highest BCUT2D eigenvalue weighted by Crippen LogP contribution is 2.31. The van der Waals surface area contributed by atoms with Crippen LogP contribution in [0, 0.1) is 0 Å². The van der Waals surface area contributed by atoms with Gasteiger partial charge in [-0.15, -0.1) is 0 Å². The Morgan fingerprint density at radius 1 is 1.13 bits per heavy atom. The number of likely N-dealkylation sites (tertiary alicyclic amines) is 1. The molecule has 0 radical (unpaired) electrons. The number of pyridine rings is 2. The van der Waals surface area contributed by atoms with Gasteiger partial charge in [-0.3, -0.25) is 24.5 Å². The molecular formula is C23H24N6O2. The molecular weight excluding hydrogens is 392 g/mol. The molecule has 0 aromatic carbocycles. The van der Waals surface area contributed by atoms with Crippen LogP contribution < -0.4 is 5.56 Å². The fraction of sp³-hybridized carbons (Fsp3) is 0.348. The summed E-state index contributed by atoms with van der Waals surface area (Å²) in [5, 5.41) is 0. The van der Waals surface area contributed by atoms with Gasteiger partial charge in [0.05, 0.1) is 17.3 Å². The number of aromatic amines is 1. The Labute approximate surface area is 180 Å². The van der Waals surface area contributed by atoms with E-state index in [4.69, 9.17) is 4.98 Å². The van der Waals surface area contributed by atoms with Crippen LogP contribution in [0.4, 0.5) is 0 Å². The third-order valence-corrected chi connectivity index (χ3v) is 6.05. The summed E-state index contributed by atoms with van der Waals surface area (Å²) in [6, 6.07) is 7.21. The normalized spacial score (nSPS) is 18.7. The number of H-pyrrole nitrogens is 1. The minimum absolute atomic E-state index is 0.0482. The van der Waals surface area contributed by atoms with Gasteiger partial charge in [0, 0.05) is 63.0 Å². The van der Waals surface area contributed by atoms with Crippen molar-refractivity contribution in [2.45, 2.75) is 38.4 Å². The molecule has 31 heavy (non-hydrogen) atoms. The Hall–Kier alpha value is -3.39. The van der Waals surface area contributed by atoms with Crippen LogP contribution in [-0.4, -0.2) is 48.7 Å². The van der Waals surface area contributed by atoms with Gasteiger partial charge >= 0.3 is 0 Å². The average Bonchev–Trinajstić information content (AvgIpc) is 3.30. The molecule has 0 unspecified atom stereocenters. The van der Waals surface area contributed by atoms with E-state index in [9.17, 15) is 9.59 Å². The van der Waals surface area contributed by atoms with E-state index < -0.39 is 0 Å². The Morgan fingerprint density at radius 3 is 2.81 bits per heavy atom. The summed E-state index contributed by atoms with van der Waals surface area (Å²) in [4.78, 5) is 45.9. The molecule has 8 heteroatoms. The maximum Gasteiger partial charge on any atom is 0.255 e. The number of aromatic nitrogens is 4. The van der Waals surface area contributed by atoms with Crippen LogP contribution in [0.3, 0.4) is 0 Å². The van der Waals surface area contributed by atoms with E-state index in [1.165, 1.54) is 0 Å². The predicted molar refractivity (Wildman–Crippen MR) is 114 cm³/mol. The van der Waals surface area contributed by atoms with Crippen LogP contribution in [-0.2, 0) is 19.5 Å². The van der Waals surface area contributed by atoms with Crippen LogP contribution in [0.2, 0.25) is 0 Å². The van der Waals surface area contributed by atoms with Crippen molar-refractivity contribution in [1.29, 1.82) is 0 Å². The summed E-state index contributed by atoms with van der Waals surface area (Å²) in [5.74, 6) is 0.553. The van der Waals surface area contributed by atoms with Gasteiger partial charge in [0.25, 0.3) is 11.5 Å².